The van der Waals surface area contributed by atoms with Gasteiger partial charge in [0.15, 0.2) is 6.26 Å². The summed E-state index contributed by atoms with van der Waals surface area (Å²) in [5.74, 6) is -1.08. The molecular formula is C9H4F2NO. The molecule has 0 fully saturated rings. The van der Waals surface area contributed by atoms with Crippen LogP contribution in [0.5, 0.6) is 0 Å². The normalized spacial score (nSPS) is 10.3. The molecule has 0 saturated heterocycles. The largest absolute Gasteiger partial charge is 0.433 e. The molecule has 2 nitrogen and oxygen atoms in total. The summed E-state index contributed by atoms with van der Waals surface area (Å²) in [7, 11) is 0. The molecule has 0 aliphatic rings. The quantitative estimate of drug-likeness (QED) is 0.673. The zero-order chi connectivity index (χ0) is 9.26. The fraction of sp³-hybridized carbons (Fsp3) is 0. The average Bonchev–Trinajstić information content (AvgIpc) is 2.61. The van der Waals surface area contributed by atoms with E-state index < -0.39 is 11.6 Å². The van der Waals surface area contributed by atoms with Crippen LogP contribution < -0.4 is 0 Å². The van der Waals surface area contributed by atoms with Crippen molar-refractivity contribution in [2.45, 2.75) is 0 Å². The standard InChI is InChI=1S/C9H4F2NO/c10-6-1-2-8(11)7(5-6)9-12-3-4-13-9/h1-3,5H. The zero-order valence-corrected chi connectivity index (χ0v) is 6.42. The topological polar surface area (TPSA) is 26.0 Å². The minimum atomic E-state index is -0.572. The maximum Gasteiger partial charge on any atom is 0.229 e. The van der Waals surface area contributed by atoms with Crippen LogP contribution in [0, 0.1) is 17.9 Å². The lowest BCUT2D eigenvalue weighted by Gasteiger charge is -1.96. The summed E-state index contributed by atoms with van der Waals surface area (Å²) >= 11 is 0. The van der Waals surface area contributed by atoms with E-state index in [1.54, 1.807) is 0 Å². The van der Waals surface area contributed by atoms with Crippen molar-refractivity contribution >= 4 is 0 Å². The molecule has 0 bridgehead atoms. The van der Waals surface area contributed by atoms with Gasteiger partial charge in [0.2, 0.25) is 5.89 Å². The van der Waals surface area contributed by atoms with Crippen LogP contribution in [0.2, 0.25) is 0 Å². The van der Waals surface area contributed by atoms with Gasteiger partial charge in [-0.25, -0.2) is 13.8 Å². The summed E-state index contributed by atoms with van der Waals surface area (Å²) in [5, 5.41) is 0. The van der Waals surface area contributed by atoms with E-state index in [2.05, 4.69) is 11.2 Å². The Bertz CT molecular complexity index is 412. The van der Waals surface area contributed by atoms with Gasteiger partial charge in [-0.05, 0) is 18.2 Å². The number of benzene rings is 1. The SMILES string of the molecule is Fc1ccc(F)c(-c2nc[c]o2)c1. The molecule has 0 aliphatic carbocycles. The molecule has 2 aromatic rings. The molecule has 13 heavy (non-hydrogen) atoms. The molecule has 0 aliphatic heterocycles. The van der Waals surface area contributed by atoms with Crippen molar-refractivity contribution in [3.8, 4) is 11.5 Å². The van der Waals surface area contributed by atoms with E-state index in [-0.39, 0.29) is 11.5 Å². The molecule has 1 heterocycles. The third-order valence-electron chi connectivity index (χ3n) is 1.55. The summed E-state index contributed by atoms with van der Waals surface area (Å²) in [4.78, 5) is 3.66. The van der Waals surface area contributed by atoms with Crippen LogP contribution in [-0.2, 0) is 0 Å². The Labute approximate surface area is 72.8 Å². The fourth-order valence-corrected chi connectivity index (χ4v) is 0.979. The van der Waals surface area contributed by atoms with Crippen molar-refractivity contribution in [2.75, 3.05) is 0 Å². The van der Waals surface area contributed by atoms with Crippen molar-refractivity contribution in [1.29, 1.82) is 0 Å². The van der Waals surface area contributed by atoms with E-state index in [0.717, 1.165) is 18.2 Å². The summed E-state index contributed by atoms with van der Waals surface area (Å²) in [6, 6.07) is 3.08. The minimum Gasteiger partial charge on any atom is -0.433 e. The van der Waals surface area contributed by atoms with Crippen LogP contribution in [0.15, 0.2) is 28.8 Å². The lowest BCUT2D eigenvalue weighted by Crippen LogP contribution is -1.85. The van der Waals surface area contributed by atoms with Crippen LogP contribution in [0.4, 0.5) is 8.78 Å². The first-order chi connectivity index (χ1) is 6.27. The first-order valence-corrected chi connectivity index (χ1v) is 3.54. The Morgan fingerprint density at radius 2 is 2.15 bits per heavy atom. The highest BCUT2D eigenvalue weighted by Crippen LogP contribution is 2.21. The number of hydrogen-bond acceptors (Lipinski definition) is 2. The van der Waals surface area contributed by atoms with Gasteiger partial charge in [0, 0.05) is 0 Å². The first kappa shape index (κ1) is 7.91. The van der Waals surface area contributed by atoms with Crippen molar-refractivity contribution < 1.29 is 13.2 Å². The van der Waals surface area contributed by atoms with Crippen LogP contribution in [-0.4, -0.2) is 4.98 Å². The molecule has 1 aromatic heterocycles. The summed E-state index contributed by atoms with van der Waals surface area (Å²) < 4.78 is 30.5. The molecule has 0 saturated carbocycles. The van der Waals surface area contributed by atoms with E-state index >= 15 is 0 Å². The monoisotopic (exact) mass is 180 g/mol. The van der Waals surface area contributed by atoms with Crippen molar-refractivity contribution in [1.82, 2.24) is 4.98 Å². The lowest BCUT2D eigenvalue weighted by molar-refractivity contribution is 0.550. The Morgan fingerprint density at radius 3 is 2.85 bits per heavy atom. The predicted molar refractivity (Wildman–Crippen MR) is 40.7 cm³/mol. The van der Waals surface area contributed by atoms with Gasteiger partial charge in [-0.2, -0.15) is 0 Å². The molecule has 1 radical (unpaired) electrons. The number of halogens is 2. The van der Waals surface area contributed by atoms with Gasteiger partial charge in [0.1, 0.15) is 11.6 Å². The summed E-state index contributed by atoms with van der Waals surface area (Å²) in [6.07, 6.45) is 3.55. The molecule has 1 aromatic carbocycles. The number of rotatable bonds is 1. The maximum atomic E-state index is 13.1. The van der Waals surface area contributed by atoms with Gasteiger partial charge >= 0.3 is 0 Å². The Balaban J connectivity index is 2.57. The Hall–Kier alpha value is -1.71. The van der Waals surface area contributed by atoms with E-state index in [9.17, 15) is 8.78 Å². The minimum absolute atomic E-state index is 0.00116. The second-order valence-electron chi connectivity index (χ2n) is 2.41. The number of nitrogens with zero attached hydrogens (tertiary/aromatic N) is 1. The summed E-state index contributed by atoms with van der Waals surface area (Å²) in [6.45, 7) is 0. The van der Waals surface area contributed by atoms with Crippen molar-refractivity contribution in [3.63, 3.8) is 0 Å². The Morgan fingerprint density at radius 1 is 1.31 bits per heavy atom. The number of aromatic nitrogens is 1. The molecular weight excluding hydrogens is 176 g/mol. The Kier molecular flexibility index (Phi) is 1.81. The maximum absolute atomic E-state index is 13.1. The van der Waals surface area contributed by atoms with Gasteiger partial charge in [0.05, 0.1) is 11.8 Å². The summed E-state index contributed by atoms with van der Waals surface area (Å²) in [5.41, 5.74) is 0.00116. The number of hydrogen-bond donors (Lipinski definition) is 0. The second kappa shape index (κ2) is 2.97. The average molecular weight is 180 g/mol. The second-order valence-corrected chi connectivity index (χ2v) is 2.41. The highest BCUT2D eigenvalue weighted by atomic mass is 19.1. The van der Waals surface area contributed by atoms with Gasteiger partial charge in [-0.15, -0.1) is 0 Å². The molecule has 0 atom stereocenters. The van der Waals surface area contributed by atoms with Crippen molar-refractivity contribution in [3.05, 3.63) is 42.3 Å². The van der Waals surface area contributed by atoms with Crippen LogP contribution in [0.3, 0.4) is 0 Å². The van der Waals surface area contributed by atoms with E-state index in [1.165, 1.54) is 6.20 Å². The van der Waals surface area contributed by atoms with Gasteiger partial charge in [-0.1, -0.05) is 0 Å². The van der Waals surface area contributed by atoms with E-state index in [1.807, 2.05) is 0 Å². The molecule has 0 unspecified atom stereocenters. The van der Waals surface area contributed by atoms with Gasteiger partial charge in [-0.3, -0.25) is 0 Å². The smallest absolute Gasteiger partial charge is 0.229 e. The molecule has 0 spiro atoms. The third-order valence-corrected chi connectivity index (χ3v) is 1.55. The fourth-order valence-electron chi connectivity index (χ4n) is 0.979. The molecule has 2 rings (SSSR count). The predicted octanol–water partition coefficient (Wildman–Crippen LogP) is 2.42. The van der Waals surface area contributed by atoms with E-state index in [0.29, 0.717) is 0 Å². The lowest BCUT2D eigenvalue weighted by atomic mass is 10.2. The van der Waals surface area contributed by atoms with Crippen LogP contribution in [0.25, 0.3) is 11.5 Å². The van der Waals surface area contributed by atoms with Gasteiger partial charge < -0.3 is 4.42 Å². The zero-order valence-electron chi connectivity index (χ0n) is 6.42. The third kappa shape index (κ3) is 1.42. The molecule has 65 valence electrons. The van der Waals surface area contributed by atoms with E-state index in [4.69, 9.17) is 4.42 Å². The van der Waals surface area contributed by atoms with Gasteiger partial charge in [0.25, 0.3) is 0 Å². The van der Waals surface area contributed by atoms with Crippen LogP contribution in [0.1, 0.15) is 0 Å². The molecule has 4 heteroatoms. The number of oxazole rings is 1. The van der Waals surface area contributed by atoms with Crippen LogP contribution >= 0.6 is 0 Å². The van der Waals surface area contributed by atoms with Crippen molar-refractivity contribution in [2.24, 2.45) is 0 Å². The first-order valence-electron chi connectivity index (χ1n) is 3.54. The highest BCUT2D eigenvalue weighted by Gasteiger charge is 2.09. The highest BCUT2D eigenvalue weighted by molar-refractivity contribution is 5.53. The molecule has 0 N–H and O–H groups in total. The molecule has 0 amide bonds.